The molecule has 2 N–H and O–H groups in total. The minimum atomic E-state index is 0.514. The maximum absolute atomic E-state index is 5.43. The zero-order chi connectivity index (χ0) is 9.52. The lowest BCUT2D eigenvalue weighted by Crippen LogP contribution is -2.00. The van der Waals surface area contributed by atoms with Crippen LogP contribution in [0.2, 0.25) is 0 Å². The van der Waals surface area contributed by atoms with Crippen molar-refractivity contribution in [1.29, 1.82) is 0 Å². The van der Waals surface area contributed by atoms with Crippen molar-refractivity contribution in [2.75, 3.05) is 6.61 Å². The van der Waals surface area contributed by atoms with E-state index in [1.807, 2.05) is 18.2 Å². The first kappa shape index (κ1) is 9.74. The highest BCUT2D eigenvalue weighted by molar-refractivity contribution is 5.17. The molecule has 1 rings (SSSR count). The molecule has 1 aromatic rings. The third kappa shape index (κ3) is 3.25. The van der Waals surface area contributed by atoms with E-state index in [9.17, 15) is 0 Å². The molecule has 0 aliphatic carbocycles. The molecule has 0 atom stereocenters. The summed E-state index contributed by atoms with van der Waals surface area (Å²) in [6.45, 7) is 4.74. The van der Waals surface area contributed by atoms with Gasteiger partial charge in [-0.2, -0.15) is 0 Å². The average molecular weight is 178 g/mol. The Balaban J connectivity index is 2.44. The van der Waals surface area contributed by atoms with E-state index < -0.39 is 0 Å². The monoisotopic (exact) mass is 178 g/mol. The number of hydrogen-bond acceptors (Lipinski definition) is 3. The fraction of sp³-hybridized carbons (Fsp3) is 0.300. The summed E-state index contributed by atoms with van der Waals surface area (Å²) in [5, 5.41) is 0. The lowest BCUT2D eigenvalue weighted by molar-refractivity contribution is 0.312. The van der Waals surface area contributed by atoms with Crippen molar-refractivity contribution in [3.05, 3.63) is 36.5 Å². The second kappa shape index (κ2) is 5.32. The van der Waals surface area contributed by atoms with Gasteiger partial charge in [-0.25, -0.2) is 4.98 Å². The average Bonchev–Trinajstić information content (AvgIpc) is 2.19. The molecule has 0 fully saturated rings. The normalized spacial score (nSPS) is 9.62. The number of ether oxygens (including phenoxy) is 1. The van der Waals surface area contributed by atoms with Crippen LogP contribution in [0.1, 0.15) is 12.0 Å². The Morgan fingerprint density at radius 3 is 2.92 bits per heavy atom. The Hall–Kier alpha value is -1.35. The van der Waals surface area contributed by atoms with Crippen LogP contribution >= 0.6 is 0 Å². The third-order valence-electron chi connectivity index (χ3n) is 1.61. The molecule has 0 aromatic carbocycles. The fourth-order valence-electron chi connectivity index (χ4n) is 0.864. The van der Waals surface area contributed by atoms with E-state index in [4.69, 9.17) is 10.5 Å². The molecule has 0 unspecified atom stereocenters. The summed E-state index contributed by atoms with van der Waals surface area (Å²) < 4.78 is 5.32. The van der Waals surface area contributed by atoms with Crippen LogP contribution in [0, 0.1) is 0 Å². The van der Waals surface area contributed by atoms with Gasteiger partial charge in [0.15, 0.2) is 0 Å². The molecule has 0 saturated heterocycles. The highest BCUT2D eigenvalue weighted by atomic mass is 16.5. The zero-order valence-electron chi connectivity index (χ0n) is 7.57. The van der Waals surface area contributed by atoms with Crippen molar-refractivity contribution in [2.45, 2.75) is 13.0 Å². The van der Waals surface area contributed by atoms with Crippen LogP contribution < -0.4 is 10.5 Å². The summed E-state index contributed by atoms with van der Waals surface area (Å²) >= 11 is 0. The molecule has 0 aliphatic rings. The molecule has 0 radical (unpaired) electrons. The van der Waals surface area contributed by atoms with Crippen LogP contribution in [0.15, 0.2) is 31.0 Å². The third-order valence-corrected chi connectivity index (χ3v) is 1.61. The van der Waals surface area contributed by atoms with Crippen molar-refractivity contribution in [3.63, 3.8) is 0 Å². The predicted molar refractivity (Wildman–Crippen MR) is 52.4 cm³/mol. The van der Waals surface area contributed by atoms with Crippen molar-refractivity contribution < 1.29 is 4.74 Å². The standard InChI is InChI=1S/C10H14N2O/c1-2-3-6-13-10-5-4-9(7-11)8-12-10/h2,4-5,8H,1,3,6-7,11H2. The molecule has 3 nitrogen and oxygen atoms in total. The summed E-state index contributed by atoms with van der Waals surface area (Å²) in [7, 11) is 0. The number of nitrogens with zero attached hydrogens (tertiary/aromatic N) is 1. The van der Waals surface area contributed by atoms with Crippen molar-refractivity contribution in [3.8, 4) is 5.88 Å². The molecule has 0 bridgehead atoms. The highest BCUT2D eigenvalue weighted by Gasteiger charge is 1.94. The molecule has 70 valence electrons. The maximum Gasteiger partial charge on any atom is 0.213 e. The second-order valence-corrected chi connectivity index (χ2v) is 2.63. The van der Waals surface area contributed by atoms with E-state index in [1.54, 1.807) is 6.20 Å². The number of aromatic nitrogens is 1. The molecule has 0 saturated carbocycles. The van der Waals surface area contributed by atoms with Gasteiger partial charge in [0.1, 0.15) is 0 Å². The lowest BCUT2D eigenvalue weighted by atomic mass is 10.3. The maximum atomic E-state index is 5.43. The largest absolute Gasteiger partial charge is 0.477 e. The van der Waals surface area contributed by atoms with Gasteiger partial charge in [0.05, 0.1) is 6.61 Å². The number of hydrogen-bond donors (Lipinski definition) is 1. The Kier molecular flexibility index (Phi) is 3.99. The van der Waals surface area contributed by atoms with Crippen molar-refractivity contribution in [2.24, 2.45) is 5.73 Å². The summed E-state index contributed by atoms with van der Waals surface area (Å²) in [4.78, 5) is 4.08. The lowest BCUT2D eigenvalue weighted by Gasteiger charge is -2.03. The summed E-state index contributed by atoms with van der Waals surface area (Å²) in [6.07, 6.45) is 4.37. The Morgan fingerprint density at radius 2 is 2.38 bits per heavy atom. The molecular formula is C10H14N2O. The Bertz CT molecular complexity index is 256. The van der Waals surface area contributed by atoms with Crippen molar-refractivity contribution in [1.82, 2.24) is 4.98 Å². The molecular weight excluding hydrogens is 164 g/mol. The van der Waals surface area contributed by atoms with Gasteiger partial charge in [-0.15, -0.1) is 6.58 Å². The minimum absolute atomic E-state index is 0.514. The zero-order valence-corrected chi connectivity index (χ0v) is 7.57. The van der Waals surface area contributed by atoms with Crippen LogP contribution in [0.3, 0.4) is 0 Å². The second-order valence-electron chi connectivity index (χ2n) is 2.63. The molecule has 0 spiro atoms. The van der Waals surface area contributed by atoms with Gasteiger partial charge in [-0.05, 0) is 12.0 Å². The van der Waals surface area contributed by atoms with E-state index in [0.29, 0.717) is 19.0 Å². The molecule has 13 heavy (non-hydrogen) atoms. The Morgan fingerprint density at radius 1 is 1.54 bits per heavy atom. The van der Waals surface area contributed by atoms with Crippen LogP contribution in [0.4, 0.5) is 0 Å². The van der Waals surface area contributed by atoms with Gasteiger partial charge in [0.2, 0.25) is 5.88 Å². The summed E-state index contributed by atoms with van der Waals surface area (Å²) in [5.74, 6) is 0.638. The predicted octanol–water partition coefficient (Wildman–Crippen LogP) is 1.50. The van der Waals surface area contributed by atoms with Gasteiger partial charge < -0.3 is 10.5 Å². The molecule has 1 heterocycles. The molecule has 1 aromatic heterocycles. The number of rotatable bonds is 5. The van der Waals surface area contributed by atoms with Crippen molar-refractivity contribution >= 4 is 0 Å². The topological polar surface area (TPSA) is 48.1 Å². The molecule has 3 heteroatoms. The van der Waals surface area contributed by atoms with Gasteiger partial charge in [-0.3, -0.25) is 0 Å². The van der Waals surface area contributed by atoms with Gasteiger partial charge in [0.25, 0.3) is 0 Å². The van der Waals surface area contributed by atoms with Gasteiger partial charge in [0, 0.05) is 18.8 Å². The first-order valence-electron chi connectivity index (χ1n) is 4.25. The SMILES string of the molecule is C=CCCOc1ccc(CN)cn1. The summed E-state index contributed by atoms with van der Waals surface area (Å²) in [6, 6.07) is 3.74. The Labute approximate surface area is 78.2 Å². The van der Waals surface area contributed by atoms with E-state index in [1.165, 1.54) is 0 Å². The van der Waals surface area contributed by atoms with Gasteiger partial charge in [-0.1, -0.05) is 12.1 Å². The van der Waals surface area contributed by atoms with Crippen LogP contribution in [0.25, 0.3) is 0 Å². The molecule has 0 aliphatic heterocycles. The quantitative estimate of drug-likeness (QED) is 0.549. The van der Waals surface area contributed by atoms with Crippen LogP contribution in [0.5, 0.6) is 5.88 Å². The van der Waals surface area contributed by atoms with E-state index >= 15 is 0 Å². The van der Waals surface area contributed by atoms with Crippen LogP contribution in [-0.4, -0.2) is 11.6 Å². The van der Waals surface area contributed by atoms with E-state index in [0.717, 1.165) is 12.0 Å². The van der Waals surface area contributed by atoms with Gasteiger partial charge >= 0.3 is 0 Å². The first-order valence-corrected chi connectivity index (χ1v) is 4.25. The van der Waals surface area contributed by atoms with E-state index in [-0.39, 0.29) is 0 Å². The van der Waals surface area contributed by atoms with E-state index in [2.05, 4.69) is 11.6 Å². The summed E-state index contributed by atoms with van der Waals surface area (Å²) in [5.41, 5.74) is 6.44. The fourth-order valence-corrected chi connectivity index (χ4v) is 0.864. The van der Waals surface area contributed by atoms with Crippen LogP contribution in [-0.2, 0) is 6.54 Å². The smallest absolute Gasteiger partial charge is 0.213 e. The number of pyridine rings is 1. The minimum Gasteiger partial charge on any atom is -0.477 e. The molecule has 0 amide bonds. The highest BCUT2D eigenvalue weighted by Crippen LogP contribution is 2.07. The first-order chi connectivity index (χ1) is 6.36. The number of nitrogens with two attached hydrogens (primary N) is 1.